The van der Waals surface area contributed by atoms with Crippen molar-refractivity contribution < 1.29 is 9.53 Å². The van der Waals surface area contributed by atoms with E-state index in [1.165, 1.54) is 0 Å². The van der Waals surface area contributed by atoms with Crippen LogP contribution in [0, 0.1) is 0 Å². The fourth-order valence-corrected chi connectivity index (χ4v) is 4.25. The van der Waals surface area contributed by atoms with Gasteiger partial charge < -0.3 is 20.3 Å². The second-order valence-corrected chi connectivity index (χ2v) is 7.94. The lowest BCUT2D eigenvalue weighted by molar-refractivity contribution is -0.0228. The van der Waals surface area contributed by atoms with E-state index in [2.05, 4.69) is 4.90 Å². The van der Waals surface area contributed by atoms with Gasteiger partial charge in [-0.3, -0.25) is 4.79 Å². The van der Waals surface area contributed by atoms with E-state index in [4.69, 9.17) is 22.1 Å². The SMILES string of the molecule is NC1CCCN(c2ccc(C(=O)N3CCOC(c4ccccc4)C3)c(Cl)c2)C1. The first-order chi connectivity index (χ1) is 13.6. The Hall–Kier alpha value is -2.08. The molecule has 2 unspecified atom stereocenters. The van der Waals surface area contributed by atoms with Crippen molar-refractivity contribution in [2.45, 2.75) is 25.0 Å². The van der Waals surface area contributed by atoms with Gasteiger partial charge in [0, 0.05) is 31.4 Å². The summed E-state index contributed by atoms with van der Waals surface area (Å²) < 4.78 is 5.87. The number of halogens is 1. The van der Waals surface area contributed by atoms with Crippen molar-refractivity contribution in [2.24, 2.45) is 5.73 Å². The normalized spacial score (nSPS) is 22.9. The van der Waals surface area contributed by atoms with Crippen molar-refractivity contribution in [3.8, 4) is 0 Å². The van der Waals surface area contributed by atoms with Gasteiger partial charge >= 0.3 is 0 Å². The first kappa shape index (κ1) is 19.2. The summed E-state index contributed by atoms with van der Waals surface area (Å²) in [4.78, 5) is 17.2. The lowest BCUT2D eigenvalue weighted by Crippen LogP contribution is -2.43. The topological polar surface area (TPSA) is 58.8 Å². The highest BCUT2D eigenvalue weighted by Crippen LogP contribution is 2.29. The highest BCUT2D eigenvalue weighted by molar-refractivity contribution is 6.34. The molecule has 2 fully saturated rings. The Labute approximate surface area is 171 Å². The summed E-state index contributed by atoms with van der Waals surface area (Å²) in [6, 6.07) is 15.9. The summed E-state index contributed by atoms with van der Waals surface area (Å²) in [5, 5.41) is 0.490. The minimum atomic E-state index is -0.105. The molecule has 28 heavy (non-hydrogen) atoms. The molecule has 4 rings (SSSR count). The average molecular weight is 400 g/mol. The van der Waals surface area contributed by atoms with Crippen molar-refractivity contribution in [1.82, 2.24) is 4.90 Å². The molecule has 0 aromatic heterocycles. The molecule has 0 aliphatic carbocycles. The summed E-state index contributed by atoms with van der Waals surface area (Å²) >= 11 is 6.52. The second-order valence-electron chi connectivity index (χ2n) is 7.53. The summed E-state index contributed by atoms with van der Waals surface area (Å²) in [5.74, 6) is -0.0453. The zero-order chi connectivity index (χ0) is 19.5. The van der Waals surface area contributed by atoms with Crippen LogP contribution in [0.3, 0.4) is 0 Å². The number of nitrogens with two attached hydrogens (primary N) is 1. The number of piperidine rings is 1. The number of anilines is 1. The fourth-order valence-electron chi connectivity index (χ4n) is 3.99. The van der Waals surface area contributed by atoms with E-state index in [0.717, 1.165) is 37.2 Å². The van der Waals surface area contributed by atoms with Crippen LogP contribution in [0.2, 0.25) is 5.02 Å². The molecule has 2 heterocycles. The number of hydrogen-bond acceptors (Lipinski definition) is 4. The number of amides is 1. The van der Waals surface area contributed by atoms with Gasteiger partial charge in [-0.25, -0.2) is 0 Å². The van der Waals surface area contributed by atoms with Crippen molar-refractivity contribution in [2.75, 3.05) is 37.7 Å². The van der Waals surface area contributed by atoms with Crippen LogP contribution < -0.4 is 10.6 Å². The molecule has 2 aliphatic heterocycles. The molecule has 0 spiro atoms. The van der Waals surface area contributed by atoms with Crippen LogP contribution in [-0.2, 0) is 4.74 Å². The number of nitrogens with zero attached hydrogens (tertiary/aromatic N) is 2. The van der Waals surface area contributed by atoms with Crippen LogP contribution in [0.5, 0.6) is 0 Å². The van der Waals surface area contributed by atoms with E-state index in [9.17, 15) is 4.79 Å². The summed E-state index contributed by atoms with van der Waals surface area (Å²) in [5.41, 5.74) is 8.75. The minimum absolute atomic E-state index is 0.0453. The summed E-state index contributed by atoms with van der Waals surface area (Å²) in [6.07, 6.45) is 2.03. The molecule has 6 heteroatoms. The van der Waals surface area contributed by atoms with Gasteiger partial charge in [-0.2, -0.15) is 0 Å². The third kappa shape index (κ3) is 4.17. The van der Waals surface area contributed by atoms with Crippen molar-refractivity contribution in [3.05, 3.63) is 64.7 Å². The van der Waals surface area contributed by atoms with Crippen molar-refractivity contribution in [3.63, 3.8) is 0 Å². The molecule has 2 saturated heterocycles. The molecular formula is C22H26ClN3O2. The predicted octanol–water partition coefficient (Wildman–Crippen LogP) is 3.48. The maximum atomic E-state index is 13.1. The number of morpholine rings is 1. The number of carbonyl (C=O) groups is 1. The maximum Gasteiger partial charge on any atom is 0.255 e. The van der Waals surface area contributed by atoms with Gasteiger partial charge in [0.1, 0.15) is 6.10 Å². The quantitative estimate of drug-likeness (QED) is 0.858. The third-order valence-corrected chi connectivity index (χ3v) is 5.84. The fraction of sp³-hybridized carbons (Fsp3) is 0.409. The van der Waals surface area contributed by atoms with E-state index < -0.39 is 0 Å². The first-order valence-electron chi connectivity index (χ1n) is 9.88. The van der Waals surface area contributed by atoms with Crippen molar-refractivity contribution in [1.29, 1.82) is 0 Å². The van der Waals surface area contributed by atoms with E-state index >= 15 is 0 Å². The Morgan fingerprint density at radius 3 is 2.68 bits per heavy atom. The van der Waals surface area contributed by atoms with Gasteiger partial charge in [0.15, 0.2) is 0 Å². The smallest absolute Gasteiger partial charge is 0.255 e. The monoisotopic (exact) mass is 399 g/mol. The van der Waals surface area contributed by atoms with E-state index in [1.54, 1.807) is 0 Å². The van der Waals surface area contributed by atoms with Crippen LogP contribution in [0.15, 0.2) is 48.5 Å². The molecule has 1 amide bonds. The Morgan fingerprint density at radius 1 is 1.11 bits per heavy atom. The Bertz CT molecular complexity index is 830. The zero-order valence-corrected chi connectivity index (χ0v) is 16.6. The number of carbonyl (C=O) groups excluding carboxylic acids is 1. The molecule has 2 aliphatic rings. The maximum absolute atomic E-state index is 13.1. The number of hydrogen-bond donors (Lipinski definition) is 1. The molecule has 148 valence electrons. The lowest BCUT2D eigenvalue weighted by atomic mass is 10.0. The summed E-state index contributed by atoms with van der Waals surface area (Å²) in [6.45, 7) is 3.42. The first-order valence-corrected chi connectivity index (χ1v) is 10.3. The van der Waals surface area contributed by atoms with Crippen LogP contribution in [0.1, 0.15) is 34.9 Å². The van der Waals surface area contributed by atoms with Crippen LogP contribution in [0.25, 0.3) is 0 Å². The van der Waals surface area contributed by atoms with Crippen LogP contribution in [-0.4, -0.2) is 49.6 Å². The zero-order valence-electron chi connectivity index (χ0n) is 15.9. The Kier molecular flexibility index (Phi) is 5.85. The van der Waals surface area contributed by atoms with E-state index in [1.807, 2.05) is 53.4 Å². The van der Waals surface area contributed by atoms with E-state index in [-0.39, 0.29) is 18.1 Å². The molecule has 2 atom stereocenters. The molecule has 0 radical (unpaired) electrons. The standard InChI is InChI=1S/C22H26ClN3O2/c23-20-13-18(25-10-4-7-17(24)14-25)8-9-19(20)22(27)26-11-12-28-21(15-26)16-5-2-1-3-6-16/h1-3,5-6,8-9,13,17,21H,4,7,10-12,14-15,24H2. The van der Waals surface area contributed by atoms with Crippen LogP contribution in [0.4, 0.5) is 5.69 Å². The highest BCUT2D eigenvalue weighted by atomic mass is 35.5. The molecule has 2 aromatic rings. The summed E-state index contributed by atoms with van der Waals surface area (Å²) in [7, 11) is 0. The molecular weight excluding hydrogens is 374 g/mol. The largest absolute Gasteiger partial charge is 0.370 e. The number of rotatable bonds is 3. The molecule has 2 N–H and O–H groups in total. The molecule has 5 nitrogen and oxygen atoms in total. The van der Waals surface area contributed by atoms with Gasteiger partial charge in [-0.1, -0.05) is 41.9 Å². The highest BCUT2D eigenvalue weighted by Gasteiger charge is 2.27. The van der Waals surface area contributed by atoms with Gasteiger partial charge in [-0.15, -0.1) is 0 Å². The van der Waals surface area contributed by atoms with E-state index in [0.29, 0.717) is 30.3 Å². The Balaban J connectivity index is 1.48. The van der Waals surface area contributed by atoms with Gasteiger partial charge in [0.05, 0.1) is 23.7 Å². The van der Waals surface area contributed by atoms with Crippen LogP contribution >= 0.6 is 11.6 Å². The van der Waals surface area contributed by atoms with Gasteiger partial charge in [-0.05, 0) is 36.6 Å². The Morgan fingerprint density at radius 2 is 1.93 bits per heavy atom. The van der Waals surface area contributed by atoms with Crippen molar-refractivity contribution >= 4 is 23.2 Å². The van der Waals surface area contributed by atoms with Gasteiger partial charge in [0.2, 0.25) is 0 Å². The molecule has 0 bridgehead atoms. The minimum Gasteiger partial charge on any atom is -0.370 e. The average Bonchev–Trinajstić information content (AvgIpc) is 2.74. The second kappa shape index (κ2) is 8.52. The molecule has 0 saturated carbocycles. The third-order valence-electron chi connectivity index (χ3n) is 5.53. The number of ether oxygens (including phenoxy) is 1. The lowest BCUT2D eigenvalue weighted by Gasteiger charge is -2.34. The van der Waals surface area contributed by atoms with Gasteiger partial charge in [0.25, 0.3) is 5.91 Å². The molecule has 2 aromatic carbocycles. The predicted molar refractivity (Wildman–Crippen MR) is 112 cm³/mol. The number of benzene rings is 2.